The van der Waals surface area contributed by atoms with E-state index in [4.69, 9.17) is 26.3 Å². The third-order valence-corrected chi connectivity index (χ3v) is 5.48. The molecule has 1 aromatic heterocycles. The fourth-order valence-corrected chi connectivity index (χ4v) is 4.07. The number of para-hydroxylation sites is 1. The molecule has 0 amide bonds. The van der Waals surface area contributed by atoms with Crippen molar-refractivity contribution < 1.29 is 4.74 Å². The Labute approximate surface area is 163 Å². The monoisotopic (exact) mass is 377 g/mol. The average molecular weight is 378 g/mol. The zero-order chi connectivity index (χ0) is 18.2. The number of fused-ring (bicyclic) bond motifs is 3. The van der Waals surface area contributed by atoms with E-state index in [0.29, 0.717) is 11.6 Å². The zero-order valence-corrected chi connectivity index (χ0v) is 15.7. The lowest BCUT2D eigenvalue weighted by Gasteiger charge is -2.29. The SMILES string of the molecule is Clc1cccc(-c2nc(N3CCCCC3)nc3c2COc2ccccc2-3)c1. The summed E-state index contributed by atoms with van der Waals surface area (Å²) in [7, 11) is 0. The number of benzene rings is 2. The van der Waals surface area contributed by atoms with Gasteiger partial charge in [-0.2, -0.15) is 0 Å². The Morgan fingerprint density at radius 1 is 0.889 bits per heavy atom. The highest BCUT2D eigenvalue weighted by Crippen LogP contribution is 2.41. The molecule has 0 N–H and O–H groups in total. The van der Waals surface area contributed by atoms with E-state index in [9.17, 15) is 0 Å². The minimum atomic E-state index is 0.467. The van der Waals surface area contributed by atoms with Crippen LogP contribution in [0, 0.1) is 0 Å². The first-order chi connectivity index (χ1) is 13.3. The third-order valence-electron chi connectivity index (χ3n) is 5.25. The van der Waals surface area contributed by atoms with Crippen molar-refractivity contribution in [3.8, 4) is 28.3 Å². The Kier molecular flexibility index (Phi) is 4.21. The van der Waals surface area contributed by atoms with Gasteiger partial charge in [0.1, 0.15) is 12.4 Å². The minimum absolute atomic E-state index is 0.467. The number of hydrogen-bond acceptors (Lipinski definition) is 4. The summed E-state index contributed by atoms with van der Waals surface area (Å²) >= 11 is 6.26. The summed E-state index contributed by atoms with van der Waals surface area (Å²) in [6, 6.07) is 16.0. The van der Waals surface area contributed by atoms with E-state index in [2.05, 4.69) is 17.0 Å². The van der Waals surface area contributed by atoms with E-state index in [1.54, 1.807) is 0 Å². The standard InChI is InChI=1S/C22H20ClN3O/c23-16-8-6-7-15(13-16)20-18-14-27-19-10-3-2-9-17(19)21(18)25-22(24-20)26-11-4-1-5-12-26/h2-3,6-10,13H,1,4-5,11-12,14H2. The molecule has 3 heterocycles. The van der Waals surface area contributed by atoms with Crippen molar-refractivity contribution in [2.45, 2.75) is 25.9 Å². The normalized spacial score (nSPS) is 15.7. The molecular weight excluding hydrogens is 358 g/mol. The van der Waals surface area contributed by atoms with Crippen LogP contribution in [-0.4, -0.2) is 23.1 Å². The van der Waals surface area contributed by atoms with Crippen LogP contribution in [0.4, 0.5) is 5.95 Å². The van der Waals surface area contributed by atoms with Crippen molar-refractivity contribution in [2.75, 3.05) is 18.0 Å². The molecule has 0 saturated carbocycles. The van der Waals surface area contributed by atoms with Crippen LogP contribution in [0.1, 0.15) is 24.8 Å². The van der Waals surface area contributed by atoms with Crippen molar-refractivity contribution in [3.05, 3.63) is 59.1 Å². The molecule has 0 bridgehead atoms. The number of ether oxygens (including phenoxy) is 1. The van der Waals surface area contributed by atoms with Gasteiger partial charge in [0.25, 0.3) is 0 Å². The fourth-order valence-electron chi connectivity index (χ4n) is 3.88. The molecule has 0 radical (unpaired) electrons. The lowest BCUT2D eigenvalue weighted by Crippen LogP contribution is -2.31. The van der Waals surface area contributed by atoms with Crippen molar-refractivity contribution >= 4 is 17.5 Å². The van der Waals surface area contributed by atoms with Gasteiger partial charge < -0.3 is 9.64 Å². The molecule has 3 aromatic rings. The van der Waals surface area contributed by atoms with Crippen LogP contribution in [-0.2, 0) is 6.61 Å². The molecule has 0 atom stereocenters. The summed E-state index contributed by atoms with van der Waals surface area (Å²) < 4.78 is 6.00. The zero-order valence-electron chi connectivity index (χ0n) is 15.0. The van der Waals surface area contributed by atoms with Crippen LogP contribution in [0.2, 0.25) is 5.02 Å². The third kappa shape index (κ3) is 3.04. The average Bonchev–Trinajstić information content (AvgIpc) is 2.73. The van der Waals surface area contributed by atoms with E-state index < -0.39 is 0 Å². The van der Waals surface area contributed by atoms with Gasteiger partial charge in [-0.25, -0.2) is 9.97 Å². The highest BCUT2D eigenvalue weighted by Gasteiger charge is 2.26. The maximum Gasteiger partial charge on any atom is 0.226 e. The van der Waals surface area contributed by atoms with Gasteiger partial charge in [-0.15, -0.1) is 0 Å². The largest absolute Gasteiger partial charge is 0.488 e. The molecule has 2 aliphatic rings. The van der Waals surface area contributed by atoms with Gasteiger partial charge in [0.05, 0.1) is 11.4 Å². The number of piperidine rings is 1. The van der Waals surface area contributed by atoms with E-state index in [1.807, 2.05) is 36.4 Å². The van der Waals surface area contributed by atoms with Crippen LogP contribution in [0.15, 0.2) is 48.5 Å². The molecule has 0 aliphatic carbocycles. The van der Waals surface area contributed by atoms with Crippen LogP contribution >= 0.6 is 11.6 Å². The highest BCUT2D eigenvalue weighted by atomic mass is 35.5. The summed E-state index contributed by atoms with van der Waals surface area (Å²) in [5.74, 6) is 1.69. The Bertz CT molecular complexity index is 999. The number of anilines is 1. The smallest absolute Gasteiger partial charge is 0.226 e. The first kappa shape index (κ1) is 16.6. The molecule has 2 aliphatic heterocycles. The van der Waals surface area contributed by atoms with Gasteiger partial charge in [0.2, 0.25) is 5.95 Å². The summed E-state index contributed by atoms with van der Waals surface area (Å²) in [5, 5.41) is 0.705. The summed E-state index contributed by atoms with van der Waals surface area (Å²) in [6.07, 6.45) is 3.65. The van der Waals surface area contributed by atoms with Gasteiger partial charge in [-0.1, -0.05) is 35.9 Å². The van der Waals surface area contributed by atoms with Gasteiger partial charge >= 0.3 is 0 Å². The quantitative estimate of drug-likeness (QED) is 0.603. The fraction of sp³-hybridized carbons (Fsp3) is 0.273. The van der Waals surface area contributed by atoms with Crippen molar-refractivity contribution in [1.29, 1.82) is 0 Å². The van der Waals surface area contributed by atoms with Crippen molar-refractivity contribution in [1.82, 2.24) is 9.97 Å². The predicted octanol–water partition coefficient (Wildman–Crippen LogP) is 5.35. The van der Waals surface area contributed by atoms with Gasteiger partial charge in [0.15, 0.2) is 0 Å². The number of nitrogens with zero attached hydrogens (tertiary/aromatic N) is 3. The maximum atomic E-state index is 6.26. The Balaban J connectivity index is 1.73. The summed E-state index contributed by atoms with van der Waals surface area (Å²) in [4.78, 5) is 12.3. The van der Waals surface area contributed by atoms with E-state index >= 15 is 0 Å². The molecule has 5 heteroatoms. The molecular formula is C22H20ClN3O. The summed E-state index contributed by atoms with van der Waals surface area (Å²) in [5.41, 5.74) is 4.95. The molecule has 27 heavy (non-hydrogen) atoms. The van der Waals surface area contributed by atoms with E-state index in [0.717, 1.165) is 52.9 Å². The Morgan fingerprint density at radius 3 is 2.56 bits per heavy atom. The van der Waals surface area contributed by atoms with Crippen LogP contribution in [0.5, 0.6) is 5.75 Å². The number of aromatic nitrogens is 2. The summed E-state index contributed by atoms with van der Waals surface area (Å²) in [6.45, 7) is 2.48. The highest BCUT2D eigenvalue weighted by molar-refractivity contribution is 6.30. The maximum absolute atomic E-state index is 6.26. The molecule has 4 nitrogen and oxygen atoms in total. The second-order valence-corrected chi connectivity index (χ2v) is 7.48. The van der Waals surface area contributed by atoms with Gasteiger partial charge in [0, 0.05) is 34.8 Å². The van der Waals surface area contributed by atoms with Crippen molar-refractivity contribution in [3.63, 3.8) is 0 Å². The number of hydrogen-bond donors (Lipinski definition) is 0. The van der Waals surface area contributed by atoms with Crippen LogP contribution < -0.4 is 9.64 Å². The Hall–Kier alpha value is -2.59. The molecule has 136 valence electrons. The minimum Gasteiger partial charge on any atom is -0.488 e. The van der Waals surface area contributed by atoms with Gasteiger partial charge in [-0.3, -0.25) is 0 Å². The molecule has 1 saturated heterocycles. The number of rotatable bonds is 2. The Morgan fingerprint density at radius 2 is 1.70 bits per heavy atom. The topological polar surface area (TPSA) is 38.2 Å². The first-order valence-corrected chi connectivity index (χ1v) is 9.81. The molecule has 2 aromatic carbocycles. The lowest BCUT2D eigenvalue weighted by atomic mass is 9.98. The number of halogens is 1. The molecule has 1 fully saturated rings. The van der Waals surface area contributed by atoms with Crippen molar-refractivity contribution in [2.24, 2.45) is 0 Å². The predicted molar refractivity (Wildman–Crippen MR) is 108 cm³/mol. The van der Waals surface area contributed by atoms with Gasteiger partial charge in [-0.05, 0) is 43.5 Å². The van der Waals surface area contributed by atoms with E-state index in [-0.39, 0.29) is 0 Å². The van der Waals surface area contributed by atoms with Crippen LogP contribution in [0.25, 0.3) is 22.5 Å². The molecule has 0 spiro atoms. The second-order valence-electron chi connectivity index (χ2n) is 7.04. The first-order valence-electron chi connectivity index (χ1n) is 9.43. The molecule has 0 unspecified atom stereocenters. The second kappa shape index (κ2) is 6.86. The van der Waals surface area contributed by atoms with E-state index in [1.165, 1.54) is 19.3 Å². The lowest BCUT2D eigenvalue weighted by molar-refractivity contribution is 0.301. The van der Waals surface area contributed by atoms with Crippen LogP contribution in [0.3, 0.4) is 0 Å². The molecule has 5 rings (SSSR count).